The Morgan fingerprint density at radius 2 is 1.95 bits per heavy atom. The van der Waals surface area contributed by atoms with E-state index in [-0.39, 0.29) is 19.6 Å². The van der Waals surface area contributed by atoms with Crippen LogP contribution in [0, 0.1) is 0 Å². The molecule has 1 aromatic rings. The van der Waals surface area contributed by atoms with Crippen molar-refractivity contribution in [1.29, 1.82) is 0 Å². The van der Waals surface area contributed by atoms with Crippen molar-refractivity contribution in [2.24, 2.45) is 5.73 Å². The van der Waals surface area contributed by atoms with Gasteiger partial charge in [0.15, 0.2) is 0 Å². The molecule has 0 aromatic heterocycles. The summed E-state index contributed by atoms with van der Waals surface area (Å²) in [6, 6.07) is 7.81. The van der Waals surface area contributed by atoms with Gasteiger partial charge in [0.25, 0.3) is 0 Å². The standard InChI is InChI=1S/C13H18N2O5/c14-11(12(17)18)10(16)6-7-15-13(19)20-8-9-4-2-1-3-5-9/h1-5,10-11,16H,6-8,14H2,(H,15,19)(H,17,18). The average Bonchev–Trinajstić information content (AvgIpc) is 2.45. The molecule has 20 heavy (non-hydrogen) atoms. The molecule has 2 unspecified atom stereocenters. The van der Waals surface area contributed by atoms with Crippen molar-refractivity contribution in [3.05, 3.63) is 35.9 Å². The van der Waals surface area contributed by atoms with Crippen molar-refractivity contribution in [2.75, 3.05) is 6.54 Å². The Kier molecular flexibility index (Phi) is 6.48. The number of hydrogen-bond acceptors (Lipinski definition) is 5. The molecule has 0 aliphatic rings. The highest BCUT2D eigenvalue weighted by Gasteiger charge is 2.21. The van der Waals surface area contributed by atoms with Crippen LogP contribution in [0.5, 0.6) is 0 Å². The number of ether oxygens (including phenoxy) is 1. The number of carboxylic acids is 1. The summed E-state index contributed by atoms with van der Waals surface area (Å²) in [5.74, 6) is -1.29. The quantitative estimate of drug-likeness (QED) is 0.561. The SMILES string of the molecule is NC(C(=O)O)C(O)CCNC(=O)OCc1ccccc1. The summed E-state index contributed by atoms with van der Waals surface area (Å²) in [5.41, 5.74) is 6.08. The van der Waals surface area contributed by atoms with Gasteiger partial charge in [0.2, 0.25) is 0 Å². The lowest BCUT2D eigenvalue weighted by Gasteiger charge is -2.14. The number of nitrogens with two attached hydrogens (primary N) is 1. The van der Waals surface area contributed by atoms with Crippen molar-refractivity contribution < 1.29 is 24.5 Å². The Bertz CT molecular complexity index is 438. The number of carbonyl (C=O) groups excluding carboxylic acids is 1. The zero-order valence-corrected chi connectivity index (χ0v) is 10.9. The fourth-order valence-corrected chi connectivity index (χ4v) is 1.44. The van der Waals surface area contributed by atoms with Gasteiger partial charge in [-0.25, -0.2) is 4.79 Å². The average molecular weight is 282 g/mol. The molecule has 5 N–H and O–H groups in total. The van der Waals surface area contributed by atoms with Crippen molar-refractivity contribution >= 4 is 12.1 Å². The van der Waals surface area contributed by atoms with E-state index in [1.54, 1.807) is 0 Å². The van der Waals surface area contributed by atoms with Crippen molar-refractivity contribution in [2.45, 2.75) is 25.2 Å². The molecule has 0 fully saturated rings. The summed E-state index contributed by atoms with van der Waals surface area (Å²) in [6.45, 7) is 0.222. The Labute approximate surface area is 116 Å². The predicted molar refractivity (Wildman–Crippen MR) is 70.9 cm³/mol. The summed E-state index contributed by atoms with van der Waals surface area (Å²) in [4.78, 5) is 21.8. The summed E-state index contributed by atoms with van der Waals surface area (Å²) in [7, 11) is 0. The van der Waals surface area contributed by atoms with E-state index < -0.39 is 24.2 Å². The molecule has 2 atom stereocenters. The van der Waals surface area contributed by atoms with Crippen LogP contribution in [0.4, 0.5) is 4.79 Å². The third kappa shape index (κ3) is 5.68. The number of alkyl carbamates (subject to hydrolysis) is 1. The second-order valence-electron chi connectivity index (χ2n) is 4.21. The smallest absolute Gasteiger partial charge is 0.407 e. The molecule has 0 saturated carbocycles. The first-order valence-electron chi connectivity index (χ1n) is 6.11. The van der Waals surface area contributed by atoms with Gasteiger partial charge in [-0.1, -0.05) is 30.3 Å². The Balaban J connectivity index is 2.19. The van der Waals surface area contributed by atoms with Gasteiger partial charge < -0.3 is 26.0 Å². The lowest BCUT2D eigenvalue weighted by molar-refractivity contribution is -0.141. The summed E-state index contributed by atoms with van der Waals surface area (Å²) >= 11 is 0. The molecular weight excluding hydrogens is 264 g/mol. The maximum absolute atomic E-state index is 11.3. The Morgan fingerprint density at radius 1 is 1.30 bits per heavy atom. The van der Waals surface area contributed by atoms with E-state index in [1.165, 1.54) is 0 Å². The van der Waals surface area contributed by atoms with E-state index in [9.17, 15) is 14.7 Å². The fraction of sp³-hybridized carbons (Fsp3) is 0.385. The van der Waals surface area contributed by atoms with Crippen LogP contribution in [0.2, 0.25) is 0 Å². The van der Waals surface area contributed by atoms with Gasteiger partial charge in [0.1, 0.15) is 12.6 Å². The van der Waals surface area contributed by atoms with E-state index in [2.05, 4.69) is 5.32 Å². The lowest BCUT2D eigenvalue weighted by atomic mass is 10.1. The number of benzene rings is 1. The molecule has 1 amide bonds. The van der Waals surface area contributed by atoms with Gasteiger partial charge in [-0.05, 0) is 12.0 Å². The van der Waals surface area contributed by atoms with Gasteiger partial charge in [-0.2, -0.15) is 0 Å². The van der Waals surface area contributed by atoms with Crippen LogP contribution in [-0.4, -0.2) is 41.0 Å². The molecule has 0 saturated heterocycles. The number of aliphatic hydroxyl groups is 1. The van der Waals surface area contributed by atoms with E-state index in [0.29, 0.717) is 0 Å². The molecule has 1 rings (SSSR count). The first-order valence-corrected chi connectivity index (χ1v) is 6.11. The zero-order valence-electron chi connectivity index (χ0n) is 10.9. The normalized spacial score (nSPS) is 13.3. The maximum atomic E-state index is 11.3. The largest absolute Gasteiger partial charge is 0.480 e. The molecule has 7 heteroatoms. The lowest BCUT2D eigenvalue weighted by Crippen LogP contribution is -2.43. The third-order valence-corrected chi connectivity index (χ3v) is 2.62. The minimum absolute atomic E-state index is 0.0356. The van der Waals surface area contributed by atoms with Gasteiger partial charge >= 0.3 is 12.1 Å². The van der Waals surface area contributed by atoms with Crippen molar-refractivity contribution in [1.82, 2.24) is 5.32 Å². The number of rotatable bonds is 7. The highest BCUT2D eigenvalue weighted by atomic mass is 16.5. The number of aliphatic hydroxyl groups excluding tert-OH is 1. The topological polar surface area (TPSA) is 122 Å². The van der Waals surface area contributed by atoms with Crippen molar-refractivity contribution in [3.8, 4) is 0 Å². The number of carboxylic acid groups (broad SMARTS) is 1. The van der Waals surface area contributed by atoms with Crippen LogP contribution >= 0.6 is 0 Å². The van der Waals surface area contributed by atoms with Crippen LogP contribution in [0.15, 0.2) is 30.3 Å². The van der Waals surface area contributed by atoms with Crippen molar-refractivity contribution in [3.63, 3.8) is 0 Å². The van der Waals surface area contributed by atoms with E-state index in [1.807, 2.05) is 30.3 Å². The second kappa shape index (κ2) is 8.13. The molecule has 0 heterocycles. The van der Waals surface area contributed by atoms with Crippen LogP contribution in [0.1, 0.15) is 12.0 Å². The molecule has 7 nitrogen and oxygen atoms in total. The van der Waals surface area contributed by atoms with Gasteiger partial charge in [0, 0.05) is 6.54 Å². The molecule has 1 aromatic carbocycles. The maximum Gasteiger partial charge on any atom is 0.407 e. The summed E-state index contributed by atoms with van der Waals surface area (Å²) in [5, 5.41) is 20.4. The van der Waals surface area contributed by atoms with E-state index >= 15 is 0 Å². The van der Waals surface area contributed by atoms with Crippen LogP contribution < -0.4 is 11.1 Å². The first kappa shape index (κ1) is 15.9. The number of aliphatic carboxylic acids is 1. The van der Waals surface area contributed by atoms with E-state index in [0.717, 1.165) is 5.56 Å². The van der Waals surface area contributed by atoms with Crippen LogP contribution in [-0.2, 0) is 16.1 Å². The minimum Gasteiger partial charge on any atom is -0.480 e. The number of carbonyl (C=O) groups is 2. The zero-order chi connectivity index (χ0) is 15.0. The molecule has 0 bridgehead atoms. The first-order chi connectivity index (χ1) is 9.50. The van der Waals surface area contributed by atoms with Gasteiger partial charge in [0.05, 0.1) is 6.10 Å². The molecule has 0 aliphatic carbocycles. The minimum atomic E-state index is -1.36. The molecule has 0 radical (unpaired) electrons. The van der Waals surface area contributed by atoms with Crippen LogP contribution in [0.25, 0.3) is 0 Å². The highest BCUT2D eigenvalue weighted by molar-refractivity contribution is 5.73. The fourth-order valence-electron chi connectivity index (χ4n) is 1.44. The monoisotopic (exact) mass is 282 g/mol. The molecular formula is C13H18N2O5. The number of hydrogen-bond donors (Lipinski definition) is 4. The second-order valence-corrected chi connectivity index (χ2v) is 4.21. The summed E-state index contributed by atoms with van der Waals surface area (Å²) < 4.78 is 4.94. The number of amides is 1. The predicted octanol–water partition coefficient (Wildman–Crippen LogP) is 0.0757. The molecule has 110 valence electrons. The molecule has 0 aliphatic heterocycles. The van der Waals surface area contributed by atoms with Crippen LogP contribution in [0.3, 0.4) is 0 Å². The van der Waals surface area contributed by atoms with Gasteiger partial charge in [-0.15, -0.1) is 0 Å². The third-order valence-electron chi connectivity index (χ3n) is 2.62. The summed E-state index contributed by atoms with van der Waals surface area (Å²) in [6.07, 6.45) is -1.82. The Hall–Kier alpha value is -2.12. The highest BCUT2D eigenvalue weighted by Crippen LogP contribution is 2.01. The number of nitrogens with one attached hydrogen (secondary N) is 1. The van der Waals surface area contributed by atoms with E-state index in [4.69, 9.17) is 15.6 Å². The molecule has 0 spiro atoms. The Morgan fingerprint density at radius 3 is 2.55 bits per heavy atom. The van der Waals surface area contributed by atoms with Gasteiger partial charge in [-0.3, -0.25) is 4.79 Å².